The van der Waals surface area contributed by atoms with Gasteiger partial charge in [-0.2, -0.15) is 0 Å². The first-order valence-corrected chi connectivity index (χ1v) is 12.0. The number of benzene rings is 2. The summed E-state index contributed by atoms with van der Waals surface area (Å²) in [5, 5.41) is 4.20. The molecule has 2 aromatic rings. The highest BCUT2D eigenvalue weighted by Gasteiger charge is 2.37. The molecule has 1 N–H and O–H groups in total. The van der Waals surface area contributed by atoms with Gasteiger partial charge in [-0.15, -0.1) is 0 Å². The zero-order chi connectivity index (χ0) is 22.1. The zero-order valence-electron chi connectivity index (χ0n) is 18.3. The molecular formula is C25H30ClFN4O. The lowest BCUT2D eigenvalue weighted by molar-refractivity contribution is -0.132. The van der Waals surface area contributed by atoms with Gasteiger partial charge in [0.05, 0.1) is 11.6 Å². The minimum absolute atomic E-state index is 0.168. The van der Waals surface area contributed by atoms with E-state index in [-0.39, 0.29) is 17.6 Å². The molecule has 1 unspecified atom stereocenters. The van der Waals surface area contributed by atoms with Gasteiger partial charge >= 0.3 is 0 Å². The summed E-state index contributed by atoms with van der Waals surface area (Å²) in [7, 11) is 0. The van der Waals surface area contributed by atoms with E-state index in [9.17, 15) is 9.18 Å². The summed E-state index contributed by atoms with van der Waals surface area (Å²) in [4.78, 5) is 19.9. The molecule has 2 saturated heterocycles. The molecule has 0 bridgehead atoms. The summed E-state index contributed by atoms with van der Waals surface area (Å²) in [6, 6.07) is 12.8. The van der Waals surface area contributed by atoms with E-state index >= 15 is 0 Å². The van der Waals surface area contributed by atoms with Gasteiger partial charge in [0.25, 0.3) is 0 Å². The molecule has 2 fully saturated rings. The molecule has 3 aliphatic heterocycles. The number of nitrogens with zero attached hydrogens (tertiary/aromatic N) is 3. The van der Waals surface area contributed by atoms with E-state index in [2.05, 4.69) is 10.2 Å². The average Bonchev–Trinajstić information content (AvgIpc) is 3.17. The molecular weight excluding hydrogens is 427 g/mol. The average molecular weight is 457 g/mol. The highest BCUT2D eigenvalue weighted by molar-refractivity contribution is 6.31. The Morgan fingerprint density at radius 2 is 1.91 bits per heavy atom. The number of anilines is 2. The predicted molar refractivity (Wildman–Crippen MR) is 127 cm³/mol. The fourth-order valence-electron chi connectivity index (χ4n) is 5.37. The Bertz CT molecular complexity index is 972. The van der Waals surface area contributed by atoms with Gasteiger partial charge < -0.3 is 20.0 Å². The largest absolute Gasteiger partial charge is 0.370 e. The maximum absolute atomic E-state index is 14.2. The van der Waals surface area contributed by atoms with Gasteiger partial charge in [0.15, 0.2) is 0 Å². The summed E-state index contributed by atoms with van der Waals surface area (Å²) in [5.74, 6) is 0.389. The van der Waals surface area contributed by atoms with Crippen LogP contribution in [0.15, 0.2) is 42.5 Å². The summed E-state index contributed by atoms with van der Waals surface area (Å²) >= 11 is 6.32. The van der Waals surface area contributed by atoms with E-state index < -0.39 is 0 Å². The maximum atomic E-state index is 14.2. The maximum Gasteiger partial charge on any atom is 0.232 e. The number of piperidine rings is 1. The van der Waals surface area contributed by atoms with Crippen molar-refractivity contribution in [2.24, 2.45) is 5.92 Å². The number of hydrogen-bond donors (Lipinski definition) is 1. The molecule has 3 heterocycles. The second-order valence-corrected chi connectivity index (χ2v) is 9.57. The lowest BCUT2D eigenvalue weighted by Crippen LogP contribution is -2.50. The van der Waals surface area contributed by atoms with Gasteiger partial charge in [0.2, 0.25) is 5.91 Å². The normalized spacial score (nSPS) is 23.4. The monoisotopic (exact) mass is 456 g/mol. The first kappa shape index (κ1) is 21.5. The molecule has 7 heteroatoms. The van der Waals surface area contributed by atoms with Crippen LogP contribution in [0.25, 0.3) is 0 Å². The molecule has 2 aromatic carbocycles. The number of fused-ring (bicyclic) bond motifs is 1. The Kier molecular flexibility index (Phi) is 6.24. The number of amides is 1. The molecule has 0 aliphatic carbocycles. The van der Waals surface area contributed by atoms with E-state index in [4.69, 9.17) is 11.6 Å². The minimum Gasteiger partial charge on any atom is -0.370 e. The molecule has 0 aromatic heterocycles. The van der Waals surface area contributed by atoms with Crippen LogP contribution >= 0.6 is 11.6 Å². The van der Waals surface area contributed by atoms with Crippen LogP contribution in [-0.2, 0) is 4.79 Å². The molecule has 2 atom stereocenters. The molecule has 5 rings (SSSR count). The molecule has 170 valence electrons. The van der Waals surface area contributed by atoms with Crippen LogP contribution in [0.2, 0.25) is 5.02 Å². The van der Waals surface area contributed by atoms with E-state index in [1.807, 2.05) is 40.1 Å². The lowest BCUT2D eigenvalue weighted by atomic mass is 9.99. The predicted octanol–water partition coefficient (Wildman–Crippen LogP) is 3.73. The van der Waals surface area contributed by atoms with Gasteiger partial charge in [-0.05, 0) is 61.7 Å². The third-order valence-corrected chi connectivity index (χ3v) is 7.31. The number of halogens is 2. The zero-order valence-corrected chi connectivity index (χ0v) is 19.0. The third kappa shape index (κ3) is 4.30. The van der Waals surface area contributed by atoms with Gasteiger partial charge in [0.1, 0.15) is 5.82 Å². The first-order chi connectivity index (χ1) is 15.6. The number of piperazine rings is 1. The summed E-state index contributed by atoms with van der Waals surface area (Å²) in [6.45, 7) is 6.29. The smallest absolute Gasteiger partial charge is 0.232 e. The summed E-state index contributed by atoms with van der Waals surface area (Å²) in [6.07, 6.45) is 2.42. The highest BCUT2D eigenvalue weighted by atomic mass is 35.5. The van der Waals surface area contributed by atoms with Crippen molar-refractivity contribution < 1.29 is 9.18 Å². The van der Waals surface area contributed by atoms with Gasteiger partial charge in [-0.3, -0.25) is 4.79 Å². The van der Waals surface area contributed by atoms with Crippen molar-refractivity contribution >= 4 is 28.9 Å². The molecule has 3 aliphatic rings. The number of rotatable bonds is 4. The lowest BCUT2D eigenvalue weighted by Gasteiger charge is -2.37. The molecule has 1 amide bonds. The van der Waals surface area contributed by atoms with Crippen LogP contribution in [0.5, 0.6) is 0 Å². The van der Waals surface area contributed by atoms with E-state index in [1.165, 1.54) is 18.9 Å². The van der Waals surface area contributed by atoms with Gasteiger partial charge in [-0.1, -0.05) is 29.8 Å². The molecule has 0 radical (unpaired) electrons. The molecule has 32 heavy (non-hydrogen) atoms. The van der Waals surface area contributed by atoms with Crippen LogP contribution in [0.3, 0.4) is 0 Å². The molecule has 0 saturated carbocycles. The fourth-order valence-corrected chi connectivity index (χ4v) is 5.54. The van der Waals surface area contributed by atoms with Crippen LogP contribution in [0, 0.1) is 11.7 Å². The van der Waals surface area contributed by atoms with Crippen LogP contribution in [-0.4, -0.2) is 63.2 Å². The van der Waals surface area contributed by atoms with Crippen molar-refractivity contribution in [3.8, 4) is 0 Å². The van der Waals surface area contributed by atoms with Crippen LogP contribution in [0.1, 0.15) is 24.3 Å². The number of carbonyl (C=O) groups is 1. The number of nitrogens with one attached hydrogen (secondary N) is 1. The van der Waals surface area contributed by atoms with Crippen LogP contribution in [0.4, 0.5) is 15.8 Å². The van der Waals surface area contributed by atoms with Crippen molar-refractivity contribution in [1.29, 1.82) is 0 Å². The third-order valence-electron chi connectivity index (χ3n) is 7.07. The van der Waals surface area contributed by atoms with Crippen molar-refractivity contribution in [1.82, 2.24) is 10.2 Å². The van der Waals surface area contributed by atoms with Crippen molar-refractivity contribution in [3.05, 3.63) is 58.9 Å². The van der Waals surface area contributed by atoms with Crippen LogP contribution < -0.4 is 15.1 Å². The standard InChI is InChI=1S/C25H30ClFN4O/c26-19-7-8-20-21(17-31(24(20)14-19)16-18-4-3-9-28-15-18)25(32)30-12-10-29(11-13-30)23-6-2-1-5-22(23)27/h1-2,5-8,14,18,21,28H,3-4,9-13,15-17H2/t18-,21?/m0/s1. The van der Waals surface area contributed by atoms with Crippen molar-refractivity contribution in [2.75, 3.05) is 62.2 Å². The Morgan fingerprint density at radius 1 is 1.09 bits per heavy atom. The van der Waals surface area contributed by atoms with Gasteiger partial charge in [-0.25, -0.2) is 4.39 Å². The topological polar surface area (TPSA) is 38.8 Å². The molecule has 0 spiro atoms. The van der Waals surface area contributed by atoms with Crippen molar-refractivity contribution in [2.45, 2.75) is 18.8 Å². The Labute approximate surface area is 194 Å². The SMILES string of the molecule is O=C(C1CN(C[C@H]2CCCNC2)c2cc(Cl)ccc21)N1CCN(c2ccccc2F)CC1. The number of carbonyl (C=O) groups excluding carboxylic acids is 1. The summed E-state index contributed by atoms with van der Waals surface area (Å²) < 4.78 is 14.2. The number of para-hydroxylation sites is 1. The second-order valence-electron chi connectivity index (χ2n) is 9.14. The highest BCUT2D eigenvalue weighted by Crippen LogP contribution is 2.40. The second kappa shape index (κ2) is 9.28. The fraction of sp³-hybridized carbons (Fsp3) is 0.480. The quantitative estimate of drug-likeness (QED) is 0.760. The first-order valence-electron chi connectivity index (χ1n) is 11.6. The van der Waals surface area contributed by atoms with Gasteiger partial charge in [0, 0.05) is 50.0 Å². The van der Waals surface area contributed by atoms with E-state index in [0.717, 1.165) is 30.9 Å². The summed E-state index contributed by atoms with van der Waals surface area (Å²) in [5.41, 5.74) is 2.80. The minimum atomic E-state index is -0.207. The number of hydrogen-bond acceptors (Lipinski definition) is 4. The van der Waals surface area contributed by atoms with E-state index in [0.29, 0.717) is 49.4 Å². The Morgan fingerprint density at radius 3 is 2.66 bits per heavy atom. The van der Waals surface area contributed by atoms with Crippen molar-refractivity contribution in [3.63, 3.8) is 0 Å². The Balaban J connectivity index is 1.28. The Hall–Kier alpha value is -2.31. The molecule has 5 nitrogen and oxygen atoms in total. The van der Waals surface area contributed by atoms with E-state index in [1.54, 1.807) is 6.07 Å².